The lowest BCUT2D eigenvalue weighted by Gasteiger charge is -2.16. The molecule has 1 unspecified atom stereocenters. The Balaban J connectivity index is 1.72. The van der Waals surface area contributed by atoms with Crippen LogP contribution >= 0.6 is 0 Å². The van der Waals surface area contributed by atoms with Crippen molar-refractivity contribution in [3.05, 3.63) is 36.0 Å². The third-order valence-electron chi connectivity index (χ3n) is 4.00. The standard InChI is InChI=1S/C15H18FN3O/c16-12-8-4-3-7-11(12)15-18-14(20-19-15)9-13(17)10-5-1-2-6-10/h3-4,7-8,10,13H,1-2,5-6,9,17H2. The molecule has 1 saturated carbocycles. The van der Waals surface area contributed by atoms with E-state index in [1.165, 1.54) is 31.7 Å². The first-order chi connectivity index (χ1) is 9.74. The molecular weight excluding hydrogens is 257 g/mol. The minimum atomic E-state index is -0.347. The molecule has 0 spiro atoms. The number of rotatable bonds is 4. The molecular formula is C15H18FN3O. The molecule has 0 bridgehead atoms. The molecule has 0 saturated heterocycles. The molecule has 106 valence electrons. The number of hydrogen-bond acceptors (Lipinski definition) is 4. The highest BCUT2D eigenvalue weighted by molar-refractivity contribution is 5.54. The summed E-state index contributed by atoms with van der Waals surface area (Å²) >= 11 is 0. The second-order valence-electron chi connectivity index (χ2n) is 5.40. The summed E-state index contributed by atoms with van der Waals surface area (Å²) in [6, 6.07) is 6.46. The second-order valence-corrected chi connectivity index (χ2v) is 5.40. The van der Waals surface area contributed by atoms with Gasteiger partial charge in [-0.15, -0.1) is 0 Å². The molecule has 5 heteroatoms. The van der Waals surface area contributed by atoms with Crippen molar-refractivity contribution in [1.29, 1.82) is 0 Å². The number of nitrogens with zero attached hydrogens (tertiary/aromatic N) is 2. The van der Waals surface area contributed by atoms with Gasteiger partial charge >= 0.3 is 0 Å². The van der Waals surface area contributed by atoms with Gasteiger partial charge in [-0.25, -0.2) is 4.39 Å². The minimum absolute atomic E-state index is 0.0476. The number of benzene rings is 1. The topological polar surface area (TPSA) is 64.9 Å². The van der Waals surface area contributed by atoms with Gasteiger partial charge < -0.3 is 10.3 Å². The predicted molar refractivity (Wildman–Crippen MR) is 73.3 cm³/mol. The number of halogens is 1. The summed E-state index contributed by atoms with van der Waals surface area (Å²) in [6.07, 6.45) is 5.42. The van der Waals surface area contributed by atoms with Crippen LogP contribution in [0.3, 0.4) is 0 Å². The lowest BCUT2D eigenvalue weighted by molar-refractivity contribution is 0.341. The molecule has 3 rings (SSSR count). The molecule has 1 heterocycles. The summed E-state index contributed by atoms with van der Waals surface area (Å²) in [7, 11) is 0. The van der Waals surface area contributed by atoms with Crippen LogP contribution in [0.15, 0.2) is 28.8 Å². The normalized spacial score (nSPS) is 17.5. The Morgan fingerprint density at radius 2 is 2.05 bits per heavy atom. The summed E-state index contributed by atoms with van der Waals surface area (Å²) in [6.45, 7) is 0. The van der Waals surface area contributed by atoms with Crippen LogP contribution in [-0.4, -0.2) is 16.2 Å². The van der Waals surface area contributed by atoms with Gasteiger partial charge in [0.25, 0.3) is 0 Å². The van der Waals surface area contributed by atoms with Gasteiger partial charge in [0.2, 0.25) is 11.7 Å². The molecule has 1 aromatic heterocycles. The summed E-state index contributed by atoms with van der Waals surface area (Å²) in [5.41, 5.74) is 6.55. The molecule has 0 radical (unpaired) electrons. The molecule has 0 amide bonds. The van der Waals surface area contributed by atoms with Crippen LogP contribution in [0, 0.1) is 11.7 Å². The van der Waals surface area contributed by atoms with Crippen molar-refractivity contribution < 1.29 is 8.91 Å². The number of hydrogen-bond donors (Lipinski definition) is 1. The van der Waals surface area contributed by atoms with E-state index in [1.807, 2.05) is 0 Å². The van der Waals surface area contributed by atoms with Crippen molar-refractivity contribution in [2.24, 2.45) is 11.7 Å². The van der Waals surface area contributed by atoms with Crippen LogP contribution in [0.1, 0.15) is 31.6 Å². The summed E-state index contributed by atoms with van der Waals surface area (Å²) in [5, 5.41) is 3.85. The van der Waals surface area contributed by atoms with Gasteiger partial charge in [0.1, 0.15) is 5.82 Å². The Labute approximate surface area is 117 Å². The van der Waals surface area contributed by atoms with E-state index in [0.717, 1.165) is 0 Å². The molecule has 2 aromatic rings. The smallest absolute Gasteiger partial charge is 0.228 e. The maximum Gasteiger partial charge on any atom is 0.228 e. The van der Waals surface area contributed by atoms with Crippen molar-refractivity contribution >= 4 is 0 Å². The number of aromatic nitrogens is 2. The van der Waals surface area contributed by atoms with Gasteiger partial charge in [0.05, 0.1) is 5.56 Å². The Kier molecular flexibility index (Phi) is 3.78. The maximum atomic E-state index is 13.6. The van der Waals surface area contributed by atoms with Gasteiger partial charge in [0, 0.05) is 12.5 Å². The fourth-order valence-electron chi connectivity index (χ4n) is 2.84. The molecule has 1 aliphatic carbocycles. The average molecular weight is 275 g/mol. The van der Waals surface area contributed by atoms with Crippen LogP contribution in [0.4, 0.5) is 4.39 Å². The van der Waals surface area contributed by atoms with E-state index in [0.29, 0.717) is 23.8 Å². The first-order valence-corrected chi connectivity index (χ1v) is 7.07. The zero-order chi connectivity index (χ0) is 13.9. The van der Waals surface area contributed by atoms with Gasteiger partial charge in [0.15, 0.2) is 0 Å². The van der Waals surface area contributed by atoms with Crippen LogP contribution in [0.25, 0.3) is 11.4 Å². The first kappa shape index (κ1) is 13.2. The zero-order valence-electron chi connectivity index (χ0n) is 11.3. The molecule has 1 aliphatic rings. The van der Waals surface area contributed by atoms with Crippen LogP contribution in [-0.2, 0) is 6.42 Å². The number of nitrogens with two attached hydrogens (primary N) is 1. The van der Waals surface area contributed by atoms with Crippen molar-refractivity contribution in [2.75, 3.05) is 0 Å². The van der Waals surface area contributed by atoms with Crippen LogP contribution in [0.5, 0.6) is 0 Å². The third kappa shape index (κ3) is 2.72. The van der Waals surface area contributed by atoms with Crippen LogP contribution in [0.2, 0.25) is 0 Å². The fourth-order valence-corrected chi connectivity index (χ4v) is 2.84. The molecule has 1 aromatic carbocycles. The third-order valence-corrected chi connectivity index (χ3v) is 4.00. The minimum Gasteiger partial charge on any atom is -0.339 e. The molecule has 4 nitrogen and oxygen atoms in total. The summed E-state index contributed by atoms with van der Waals surface area (Å²) < 4.78 is 18.8. The monoisotopic (exact) mass is 275 g/mol. The average Bonchev–Trinajstić information content (AvgIpc) is 3.10. The Morgan fingerprint density at radius 3 is 2.80 bits per heavy atom. The van der Waals surface area contributed by atoms with Crippen molar-refractivity contribution in [2.45, 2.75) is 38.1 Å². The molecule has 0 aliphatic heterocycles. The van der Waals surface area contributed by atoms with E-state index in [2.05, 4.69) is 10.1 Å². The van der Waals surface area contributed by atoms with E-state index in [9.17, 15) is 4.39 Å². The quantitative estimate of drug-likeness (QED) is 0.931. The van der Waals surface area contributed by atoms with Gasteiger partial charge in [-0.3, -0.25) is 0 Å². The SMILES string of the molecule is NC(Cc1nc(-c2ccccc2F)no1)C1CCCC1. The van der Waals surface area contributed by atoms with E-state index in [1.54, 1.807) is 18.2 Å². The predicted octanol–water partition coefficient (Wildman–Crippen LogP) is 2.94. The van der Waals surface area contributed by atoms with Gasteiger partial charge in [-0.05, 0) is 30.9 Å². The second kappa shape index (κ2) is 5.71. The van der Waals surface area contributed by atoms with Gasteiger partial charge in [-0.1, -0.05) is 30.1 Å². The molecule has 1 fully saturated rings. The first-order valence-electron chi connectivity index (χ1n) is 7.07. The van der Waals surface area contributed by atoms with Crippen molar-refractivity contribution in [1.82, 2.24) is 10.1 Å². The highest BCUT2D eigenvalue weighted by atomic mass is 19.1. The summed E-state index contributed by atoms with van der Waals surface area (Å²) in [5.74, 6) is 0.970. The largest absolute Gasteiger partial charge is 0.339 e. The van der Waals surface area contributed by atoms with E-state index in [4.69, 9.17) is 10.3 Å². The lowest BCUT2D eigenvalue weighted by Crippen LogP contribution is -2.30. The highest BCUT2D eigenvalue weighted by Gasteiger charge is 2.24. The summed E-state index contributed by atoms with van der Waals surface area (Å²) in [4.78, 5) is 4.25. The highest BCUT2D eigenvalue weighted by Crippen LogP contribution is 2.28. The Bertz CT molecular complexity index is 578. The van der Waals surface area contributed by atoms with Crippen molar-refractivity contribution in [3.63, 3.8) is 0 Å². The van der Waals surface area contributed by atoms with Crippen molar-refractivity contribution in [3.8, 4) is 11.4 Å². The lowest BCUT2D eigenvalue weighted by atomic mass is 9.96. The molecule has 2 N–H and O–H groups in total. The van der Waals surface area contributed by atoms with Gasteiger partial charge in [-0.2, -0.15) is 4.98 Å². The van der Waals surface area contributed by atoms with E-state index in [-0.39, 0.29) is 17.7 Å². The molecule has 20 heavy (non-hydrogen) atoms. The molecule has 1 atom stereocenters. The van der Waals surface area contributed by atoms with Crippen LogP contribution < -0.4 is 5.73 Å². The fraction of sp³-hybridized carbons (Fsp3) is 0.467. The Morgan fingerprint density at radius 1 is 1.30 bits per heavy atom. The van der Waals surface area contributed by atoms with E-state index < -0.39 is 0 Å². The Hall–Kier alpha value is -1.75. The zero-order valence-corrected chi connectivity index (χ0v) is 11.3. The maximum absolute atomic E-state index is 13.6. The van der Waals surface area contributed by atoms with E-state index >= 15 is 0 Å².